The van der Waals surface area contributed by atoms with Crippen LogP contribution in [0.2, 0.25) is 5.02 Å². The van der Waals surface area contributed by atoms with E-state index < -0.39 is 12.0 Å². The first-order chi connectivity index (χ1) is 9.99. The number of rotatable bonds is 2. The topological polar surface area (TPSA) is 57.6 Å². The van der Waals surface area contributed by atoms with Crippen molar-refractivity contribution in [1.29, 1.82) is 0 Å². The van der Waals surface area contributed by atoms with Crippen molar-refractivity contribution >= 4 is 39.4 Å². The van der Waals surface area contributed by atoms with Gasteiger partial charge in [-0.15, -0.1) is 0 Å². The van der Waals surface area contributed by atoms with Crippen LogP contribution in [0.5, 0.6) is 0 Å². The number of fused-ring (bicyclic) bond motifs is 1. The van der Waals surface area contributed by atoms with E-state index in [2.05, 4.69) is 15.9 Å². The summed E-state index contributed by atoms with van der Waals surface area (Å²) in [5, 5.41) is 10.0. The average Bonchev–Trinajstić information content (AvgIpc) is 2.96. The van der Waals surface area contributed by atoms with Crippen molar-refractivity contribution in [2.75, 3.05) is 6.54 Å². The number of carbonyl (C=O) groups excluding carboxylic acids is 1. The second kappa shape index (κ2) is 5.61. The predicted octanol–water partition coefficient (Wildman–Crippen LogP) is 3.43. The Morgan fingerprint density at radius 2 is 2.10 bits per heavy atom. The first-order valence-corrected chi connectivity index (χ1v) is 8.15. The van der Waals surface area contributed by atoms with E-state index >= 15 is 0 Å². The monoisotopic (exact) mass is 371 g/mol. The molecule has 1 saturated carbocycles. The zero-order valence-corrected chi connectivity index (χ0v) is 13.6. The van der Waals surface area contributed by atoms with Gasteiger partial charge in [-0.25, -0.2) is 4.79 Å². The lowest BCUT2D eigenvalue weighted by Crippen LogP contribution is -2.43. The summed E-state index contributed by atoms with van der Waals surface area (Å²) in [4.78, 5) is 25.8. The van der Waals surface area contributed by atoms with Gasteiger partial charge in [0.2, 0.25) is 0 Å². The molecule has 1 N–H and O–H groups in total. The molecule has 2 fully saturated rings. The Balaban J connectivity index is 1.91. The molecule has 0 bridgehead atoms. The third-order valence-electron chi connectivity index (χ3n) is 4.57. The Morgan fingerprint density at radius 3 is 2.76 bits per heavy atom. The molecular weight excluding hydrogens is 358 g/mol. The fraction of sp³-hybridized carbons (Fsp3) is 0.467. The molecule has 21 heavy (non-hydrogen) atoms. The molecule has 0 spiro atoms. The number of halogens is 2. The van der Waals surface area contributed by atoms with Crippen LogP contribution in [-0.2, 0) is 4.79 Å². The second-order valence-electron chi connectivity index (χ2n) is 5.72. The van der Waals surface area contributed by atoms with Gasteiger partial charge in [-0.05, 0) is 58.8 Å². The Kier molecular flexibility index (Phi) is 3.97. The van der Waals surface area contributed by atoms with E-state index in [-0.39, 0.29) is 11.8 Å². The number of hydrogen-bond acceptors (Lipinski definition) is 2. The molecule has 0 aromatic heterocycles. The van der Waals surface area contributed by atoms with Gasteiger partial charge in [0.05, 0.1) is 5.56 Å². The quantitative estimate of drug-likeness (QED) is 0.865. The Bertz CT molecular complexity index is 607. The highest BCUT2D eigenvalue weighted by molar-refractivity contribution is 9.10. The van der Waals surface area contributed by atoms with E-state index in [9.17, 15) is 14.7 Å². The molecule has 1 heterocycles. The minimum atomic E-state index is -0.900. The number of carbonyl (C=O) groups is 2. The number of benzene rings is 1. The fourth-order valence-electron chi connectivity index (χ4n) is 3.65. The summed E-state index contributed by atoms with van der Waals surface area (Å²) in [6.07, 6.45) is 2.97. The lowest BCUT2D eigenvalue weighted by molar-refractivity contribution is -0.142. The summed E-state index contributed by atoms with van der Waals surface area (Å²) in [7, 11) is 0. The number of hydrogen-bond donors (Lipinski definition) is 1. The molecular formula is C15H15BrClNO3. The van der Waals surface area contributed by atoms with Crippen molar-refractivity contribution in [2.45, 2.75) is 25.3 Å². The minimum absolute atomic E-state index is 0.0949. The van der Waals surface area contributed by atoms with Gasteiger partial charge in [0, 0.05) is 16.0 Å². The standard InChI is InChI=1S/C15H15BrClNO3/c16-12-6-9(17)4-5-11(12)14(19)18-7-8-2-1-3-10(8)13(18)15(20)21/h4-6,8,10,13H,1-3,7H2,(H,20,21). The SMILES string of the molecule is O=C(O)C1C2CCCC2CN1C(=O)c1ccc(Cl)cc1Br. The number of aliphatic carboxylic acids is 1. The number of amides is 1. The van der Waals surface area contributed by atoms with Gasteiger partial charge in [-0.2, -0.15) is 0 Å². The number of nitrogens with zero attached hydrogens (tertiary/aromatic N) is 1. The molecule has 1 aromatic rings. The van der Waals surface area contributed by atoms with Crippen molar-refractivity contribution in [2.24, 2.45) is 11.8 Å². The molecule has 1 saturated heterocycles. The second-order valence-corrected chi connectivity index (χ2v) is 7.01. The van der Waals surface area contributed by atoms with Gasteiger partial charge in [0.15, 0.2) is 0 Å². The highest BCUT2D eigenvalue weighted by atomic mass is 79.9. The average molecular weight is 373 g/mol. The lowest BCUT2D eigenvalue weighted by atomic mass is 9.94. The van der Waals surface area contributed by atoms with Crippen molar-refractivity contribution in [3.05, 3.63) is 33.3 Å². The molecule has 4 nitrogen and oxygen atoms in total. The van der Waals surface area contributed by atoms with Crippen LogP contribution >= 0.6 is 27.5 Å². The van der Waals surface area contributed by atoms with Crippen LogP contribution < -0.4 is 0 Å². The van der Waals surface area contributed by atoms with Crippen molar-refractivity contribution in [3.63, 3.8) is 0 Å². The summed E-state index contributed by atoms with van der Waals surface area (Å²) in [6.45, 7) is 0.537. The van der Waals surface area contributed by atoms with Gasteiger partial charge in [0.25, 0.3) is 5.91 Å². The van der Waals surface area contributed by atoms with Crippen LogP contribution in [0.15, 0.2) is 22.7 Å². The third kappa shape index (κ3) is 2.57. The van der Waals surface area contributed by atoms with Gasteiger partial charge >= 0.3 is 5.97 Å². The molecule has 6 heteroatoms. The van der Waals surface area contributed by atoms with Crippen LogP contribution in [0.25, 0.3) is 0 Å². The van der Waals surface area contributed by atoms with Gasteiger partial charge in [0.1, 0.15) is 6.04 Å². The van der Waals surface area contributed by atoms with Crippen LogP contribution in [0.3, 0.4) is 0 Å². The maximum absolute atomic E-state index is 12.7. The Hall–Kier alpha value is -1.07. The number of likely N-dealkylation sites (tertiary alicyclic amines) is 1. The molecule has 112 valence electrons. The summed E-state index contributed by atoms with van der Waals surface area (Å²) < 4.78 is 0.598. The molecule has 1 aliphatic heterocycles. The minimum Gasteiger partial charge on any atom is -0.480 e. The zero-order valence-electron chi connectivity index (χ0n) is 11.3. The molecule has 3 unspecified atom stereocenters. The van der Waals surface area contributed by atoms with E-state index in [1.54, 1.807) is 18.2 Å². The molecule has 3 atom stereocenters. The van der Waals surface area contributed by atoms with Crippen molar-refractivity contribution < 1.29 is 14.7 Å². The summed E-state index contributed by atoms with van der Waals surface area (Å²) in [6, 6.07) is 4.24. The van der Waals surface area contributed by atoms with E-state index in [1.165, 1.54) is 4.90 Å². The largest absolute Gasteiger partial charge is 0.480 e. The molecule has 1 amide bonds. The third-order valence-corrected chi connectivity index (χ3v) is 5.46. The zero-order chi connectivity index (χ0) is 15.1. The predicted molar refractivity (Wildman–Crippen MR) is 82.4 cm³/mol. The summed E-state index contributed by atoms with van der Waals surface area (Å²) in [5.74, 6) is -0.721. The number of carboxylic acids is 1. The first kappa shape index (κ1) is 14.9. The fourth-order valence-corrected chi connectivity index (χ4v) is 4.50. The molecule has 0 radical (unpaired) electrons. The highest BCUT2D eigenvalue weighted by Gasteiger charge is 2.49. The van der Waals surface area contributed by atoms with E-state index in [4.69, 9.17) is 11.6 Å². The van der Waals surface area contributed by atoms with Crippen LogP contribution in [0.1, 0.15) is 29.6 Å². The highest BCUT2D eigenvalue weighted by Crippen LogP contribution is 2.43. The van der Waals surface area contributed by atoms with Gasteiger partial charge < -0.3 is 10.0 Å². The summed E-state index contributed by atoms with van der Waals surface area (Å²) >= 11 is 9.22. The maximum Gasteiger partial charge on any atom is 0.326 e. The smallest absolute Gasteiger partial charge is 0.326 e. The first-order valence-electron chi connectivity index (χ1n) is 6.98. The molecule has 1 aliphatic carbocycles. The molecule has 3 rings (SSSR count). The molecule has 1 aromatic carbocycles. The van der Waals surface area contributed by atoms with Crippen molar-refractivity contribution in [3.8, 4) is 0 Å². The van der Waals surface area contributed by atoms with E-state index in [1.807, 2.05) is 0 Å². The lowest BCUT2D eigenvalue weighted by Gasteiger charge is -2.25. The van der Waals surface area contributed by atoms with Crippen LogP contribution in [0.4, 0.5) is 0 Å². The van der Waals surface area contributed by atoms with Gasteiger partial charge in [-0.1, -0.05) is 18.0 Å². The van der Waals surface area contributed by atoms with Crippen LogP contribution in [-0.4, -0.2) is 34.5 Å². The molecule has 2 aliphatic rings. The normalized spacial score (nSPS) is 27.7. The van der Waals surface area contributed by atoms with E-state index in [0.717, 1.165) is 19.3 Å². The Labute approximate surface area is 136 Å². The maximum atomic E-state index is 12.7. The number of carboxylic acid groups (broad SMARTS) is 1. The Morgan fingerprint density at radius 1 is 1.33 bits per heavy atom. The van der Waals surface area contributed by atoms with Gasteiger partial charge in [-0.3, -0.25) is 4.79 Å². The van der Waals surface area contributed by atoms with Crippen LogP contribution in [0, 0.1) is 11.8 Å². The van der Waals surface area contributed by atoms with Crippen molar-refractivity contribution in [1.82, 2.24) is 4.90 Å². The summed E-state index contributed by atoms with van der Waals surface area (Å²) in [5.41, 5.74) is 0.464. The van der Waals surface area contributed by atoms with E-state index in [0.29, 0.717) is 27.5 Å².